The average molecular weight is 344 g/mol. The quantitative estimate of drug-likeness (QED) is 0.793. The van der Waals surface area contributed by atoms with Gasteiger partial charge in [-0.25, -0.2) is 4.39 Å². The largest absolute Gasteiger partial charge is 0.439 e. The van der Waals surface area contributed by atoms with Gasteiger partial charge in [-0.2, -0.15) is 23.3 Å². The molecule has 8 heteroatoms. The molecule has 2 unspecified atom stereocenters. The second-order valence-corrected chi connectivity index (χ2v) is 6.09. The van der Waals surface area contributed by atoms with Crippen LogP contribution in [0.5, 0.6) is 0 Å². The Hall–Kier alpha value is -1.96. The lowest BCUT2D eigenvalue weighted by atomic mass is 9.87. The van der Waals surface area contributed by atoms with Gasteiger partial charge in [-0.15, -0.1) is 0 Å². The second-order valence-electron chi connectivity index (χ2n) is 6.09. The van der Waals surface area contributed by atoms with E-state index in [4.69, 9.17) is 0 Å². The lowest BCUT2D eigenvalue weighted by Crippen LogP contribution is -2.61. The van der Waals surface area contributed by atoms with Crippen molar-refractivity contribution in [1.82, 2.24) is 5.01 Å². The van der Waals surface area contributed by atoms with Crippen molar-refractivity contribution in [2.45, 2.75) is 44.0 Å². The summed E-state index contributed by atoms with van der Waals surface area (Å²) in [6, 6.07) is 4.31. The van der Waals surface area contributed by atoms with Crippen LogP contribution in [-0.2, 0) is 0 Å². The van der Waals surface area contributed by atoms with E-state index in [1.54, 1.807) is 0 Å². The van der Waals surface area contributed by atoms with Crippen LogP contribution in [0.3, 0.4) is 0 Å². The highest BCUT2D eigenvalue weighted by Gasteiger charge is 2.68. The molecular formula is C16H16F4N2O2. The number of carbonyl (C=O) groups is 1. The number of nitrogens with zero attached hydrogens (tertiary/aromatic N) is 2. The summed E-state index contributed by atoms with van der Waals surface area (Å²) in [5.74, 6) is -3.20. The number of hydrazone groups is 1. The van der Waals surface area contributed by atoms with Gasteiger partial charge < -0.3 is 5.11 Å². The van der Waals surface area contributed by atoms with E-state index in [0.29, 0.717) is 19.3 Å². The van der Waals surface area contributed by atoms with Gasteiger partial charge in [-0.1, -0.05) is 18.9 Å². The zero-order valence-corrected chi connectivity index (χ0v) is 12.7. The number of benzene rings is 1. The van der Waals surface area contributed by atoms with Crippen LogP contribution < -0.4 is 0 Å². The maximum Gasteiger partial charge on any atom is 0.439 e. The molecule has 1 aromatic rings. The van der Waals surface area contributed by atoms with Crippen molar-refractivity contribution >= 4 is 11.6 Å². The van der Waals surface area contributed by atoms with Gasteiger partial charge in [-0.05, 0) is 37.5 Å². The molecule has 0 bridgehead atoms. The smallest absolute Gasteiger partial charge is 0.362 e. The first-order valence-corrected chi connectivity index (χ1v) is 7.71. The summed E-state index contributed by atoms with van der Waals surface area (Å²) in [5, 5.41) is 14.4. The minimum atomic E-state index is -5.07. The Kier molecular flexibility index (Phi) is 4.11. The fourth-order valence-corrected chi connectivity index (χ4v) is 3.34. The number of aliphatic hydroxyl groups is 1. The van der Waals surface area contributed by atoms with Gasteiger partial charge in [0.05, 0.1) is 5.92 Å². The molecule has 1 aliphatic carbocycles. The van der Waals surface area contributed by atoms with Gasteiger partial charge in [0.1, 0.15) is 5.82 Å². The van der Waals surface area contributed by atoms with Crippen molar-refractivity contribution in [3.63, 3.8) is 0 Å². The third-order valence-electron chi connectivity index (χ3n) is 4.55. The van der Waals surface area contributed by atoms with E-state index in [1.807, 2.05) is 0 Å². The number of hydrogen-bond donors (Lipinski definition) is 1. The topological polar surface area (TPSA) is 52.9 Å². The van der Waals surface area contributed by atoms with Gasteiger partial charge in [0, 0.05) is 11.3 Å². The Labute approximate surface area is 135 Å². The predicted molar refractivity (Wildman–Crippen MR) is 77.6 cm³/mol. The fraction of sp³-hybridized carbons (Fsp3) is 0.500. The predicted octanol–water partition coefficient (Wildman–Crippen LogP) is 3.47. The molecule has 0 spiro atoms. The minimum absolute atomic E-state index is 0.0904. The SMILES string of the molecule is O=C(c1cccc(F)c1)N1N=C2CCCCCC2C1(O)C(F)(F)F. The molecule has 1 fully saturated rings. The van der Waals surface area contributed by atoms with Crippen LogP contribution in [0, 0.1) is 11.7 Å². The highest BCUT2D eigenvalue weighted by atomic mass is 19.4. The van der Waals surface area contributed by atoms with Crippen LogP contribution >= 0.6 is 0 Å². The summed E-state index contributed by atoms with van der Waals surface area (Å²) < 4.78 is 54.3. The maximum absolute atomic E-state index is 13.7. The molecule has 1 heterocycles. The molecule has 1 aromatic carbocycles. The van der Waals surface area contributed by atoms with Crippen LogP contribution in [-0.4, -0.2) is 33.6 Å². The number of carbonyl (C=O) groups excluding carboxylic acids is 1. The molecule has 4 nitrogen and oxygen atoms in total. The van der Waals surface area contributed by atoms with Crippen molar-refractivity contribution < 1.29 is 27.5 Å². The average Bonchev–Trinajstić information content (AvgIpc) is 2.68. The molecule has 1 saturated carbocycles. The molecule has 0 saturated heterocycles. The lowest BCUT2D eigenvalue weighted by Gasteiger charge is -2.37. The van der Waals surface area contributed by atoms with Gasteiger partial charge in [0.15, 0.2) is 0 Å². The molecule has 1 amide bonds. The lowest BCUT2D eigenvalue weighted by molar-refractivity contribution is -0.312. The number of amides is 1. The van der Waals surface area contributed by atoms with Crippen LogP contribution in [0.15, 0.2) is 29.4 Å². The first-order valence-electron chi connectivity index (χ1n) is 7.71. The normalized spacial score (nSPS) is 27.5. The van der Waals surface area contributed by atoms with Crippen molar-refractivity contribution in [2.24, 2.45) is 11.0 Å². The molecule has 1 N–H and O–H groups in total. The van der Waals surface area contributed by atoms with Crippen molar-refractivity contribution in [3.05, 3.63) is 35.6 Å². The zero-order chi connectivity index (χ0) is 17.5. The number of hydrogen-bond acceptors (Lipinski definition) is 3. The van der Waals surface area contributed by atoms with Gasteiger partial charge in [0.2, 0.25) is 0 Å². The first kappa shape index (κ1) is 16.9. The Balaban J connectivity index is 2.05. The van der Waals surface area contributed by atoms with Crippen LogP contribution in [0.2, 0.25) is 0 Å². The Bertz CT molecular complexity index is 689. The van der Waals surface area contributed by atoms with E-state index in [-0.39, 0.29) is 22.7 Å². The number of fused-ring (bicyclic) bond motifs is 1. The summed E-state index contributed by atoms with van der Waals surface area (Å²) in [4.78, 5) is 12.5. The standard InChI is InChI=1S/C16H16F4N2O2/c17-11-6-4-5-10(9-11)14(23)22-15(24,16(18,19)20)12-7-2-1-3-8-13(12)21-22/h4-6,9,12,24H,1-3,7-8H2. The third-order valence-corrected chi connectivity index (χ3v) is 4.55. The van der Waals surface area contributed by atoms with E-state index < -0.39 is 29.5 Å². The Morgan fingerprint density at radius 3 is 2.71 bits per heavy atom. The van der Waals surface area contributed by atoms with Gasteiger partial charge in [0.25, 0.3) is 11.6 Å². The summed E-state index contributed by atoms with van der Waals surface area (Å²) >= 11 is 0. The van der Waals surface area contributed by atoms with E-state index >= 15 is 0 Å². The summed E-state index contributed by atoms with van der Waals surface area (Å²) in [7, 11) is 0. The molecule has 24 heavy (non-hydrogen) atoms. The second kappa shape index (κ2) is 5.84. The van der Waals surface area contributed by atoms with E-state index in [2.05, 4.69) is 5.10 Å². The molecular weight excluding hydrogens is 328 g/mol. The highest BCUT2D eigenvalue weighted by Crippen LogP contribution is 2.48. The molecule has 1 aliphatic heterocycles. The maximum atomic E-state index is 13.7. The van der Waals surface area contributed by atoms with Gasteiger partial charge >= 0.3 is 6.18 Å². The number of halogens is 4. The summed E-state index contributed by atoms with van der Waals surface area (Å²) in [6.07, 6.45) is -2.75. The molecule has 3 rings (SSSR count). The van der Waals surface area contributed by atoms with Crippen LogP contribution in [0.4, 0.5) is 17.6 Å². The van der Waals surface area contributed by atoms with Crippen molar-refractivity contribution in [2.75, 3.05) is 0 Å². The van der Waals surface area contributed by atoms with Gasteiger partial charge in [-0.3, -0.25) is 4.79 Å². The molecule has 2 aliphatic rings. The molecule has 0 aromatic heterocycles. The minimum Gasteiger partial charge on any atom is -0.362 e. The van der Waals surface area contributed by atoms with E-state index in [9.17, 15) is 27.5 Å². The third kappa shape index (κ3) is 2.58. The first-order chi connectivity index (χ1) is 11.2. The fourth-order valence-electron chi connectivity index (χ4n) is 3.34. The molecule has 2 atom stereocenters. The van der Waals surface area contributed by atoms with Crippen molar-refractivity contribution in [3.8, 4) is 0 Å². The highest BCUT2D eigenvalue weighted by molar-refractivity contribution is 5.99. The van der Waals surface area contributed by atoms with Crippen LogP contribution in [0.1, 0.15) is 42.5 Å². The summed E-state index contributed by atoms with van der Waals surface area (Å²) in [5.41, 5.74) is -3.51. The van der Waals surface area contributed by atoms with E-state index in [1.165, 1.54) is 12.1 Å². The monoisotopic (exact) mass is 344 g/mol. The Morgan fingerprint density at radius 2 is 2.04 bits per heavy atom. The molecule has 130 valence electrons. The van der Waals surface area contributed by atoms with E-state index in [0.717, 1.165) is 18.6 Å². The zero-order valence-electron chi connectivity index (χ0n) is 12.7. The van der Waals surface area contributed by atoms with Crippen molar-refractivity contribution in [1.29, 1.82) is 0 Å². The Morgan fingerprint density at radius 1 is 1.29 bits per heavy atom. The number of alkyl halides is 3. The number of rotatable bonds is 1. The summed E-state index contributed by atoms with van der Waals surface area (Å²) in [6.45, 7) is 0. The molecule has 0 radical (unpaired) electrons. The van der Waals surface area contributed by atoms with Crippen LogP contribution in [0.25, 0.3) is 0 Å².